The summed E-state index contributed by atoms with van der Waals surface area (Å²) >= 11 is 5.82. The second kappa shape index (κ2) is 5.51. The molecule has 2 aromatic rings. The summed E-state index contributed by atoms with van der Waals surface area (Å²) in [6.45, 7) is 0.516. The Morgan fingerprint density at radius 3 is 2.50 bits per heavy atom. The molecule has 0 radical (unpaired) electrons. The molecule has 92 valence electrons. The van der Waals surface area contributed by atoms with E-state index in [2.05, 4.69) is 5.32 Å². The van der Waals surface area contributed by atoms with Crippen LogP contribution in [0.3, 0.4) is 0 Å². The molecule has 0 bridgehead atoms. The molecule has 0 fully saturated rings. The number of nitro benzene ring substituents is 1. The van der Waals surface area contributed by atoms with Crippen LogP contribution < -0.4 is 5.32 Å². The number of rotatable bonds is 4. The lowest BCUT2D eigenvalue weighted by Crippen LogP contribution is -2.02. The van der Waals surface area contributed by atoms with Crippen LogP contribution in [-0.2, 0) is 6.54 Å². The van der Waals surface area contributed by atoms with Gasteiger partial charge >= 0.3 is 5.69 Å². The van der Waals surface area contributed by atoms with Crippen molar-refractivity contribution in [3.05, 3.63) is 69.2 Å². The molecule has 0 amide bonds. The van der Waals surface area contributed by atoms with E-state index in [1.54, 1.807) is 12.1 Å². The lowest BCUT2D eigenvalue weighted by Gasteiger charge is -2.07. The van der Waals surface area contributed by atoms with Gasteiger partial charge in [0.15, 0.2) is 0 Å². The minimum absolute atomic E-state index is 0.0879. The molecule has 5 heteroatoms. The average molecular weight is 263 g/mol. The van der Waals surface area contributed by atoms with Crippen LogP contribution in [0.4, 0.5) is 11.4 Å². The highest BCUT2D eigenvalue weighted by atomic mass is 35.5. The molecular formula is C13H11ClN2O2. The van der Waals surface area contributed by atoms with Gasteiger partial charge in [0.1, 0.15) is 10.7 Å². The van der Waals surface area contributed by atoms with Crippen molar-refractivity contribution < 1.29 is 4.92 Å². The topological polar surface area (TPSA) is 55.2 Å². The van der Waals surface area contributed by atoms with Crippen LogP contribution in [0.5, 0.6) is 0 Å². The van der Waals surface area contributed by atoms with Gasteiger partial charge in [-0.25, -0.2) is 0 Å². The molecule has 0 aromatic heterocycles. The Balaban J connectivity index is 2.20. The van der Waals surface area contributed by atoms with Crippen LogP contribution in [0.2, 0.25) is 5.02 Å². The number of nitrogens with one attached hydrogen (secondary N) is 1. The Hall–Kier alpha value is -2.07. The highest BCUT2D eigenvalue weighted by Crippen LogP contribution is 2.32. The Bertz CT molecular complexity index is 558. The molecule has 1 N–H and O–H groups in total. The van der Waals surface area contributed by atoms with Gasteiger partial charge < -0.3 is 5.32 Å². The smallest absolute Gasteiger partial charge is 0.310 e. The van der Waals surface area contributed by atoms with Gasteiger partial charge in [-0.15, -0.1) is 0 Å². The van der Waals surface area contributed by atoms with Crippen molar-refractivity contribution in [2.24, 2.45) is 0 Å². The summed E-state index contributed by atoms with van der Waals surface area (Å²) in [5.74, 6) is 0. The SMILES string of the molecule is O=[N+]([O-])c1c(Cl)cccc1NCc1ccccc1. The number of para-hydroxylation sites is 1. The van der Waals surface area contributed by atoms with E-state index in [1.807, 2.05) is 30.3 Å². The highest BCUT2D eigenvalue weighted by Gasteiger charge is 2.17. The van der Waals surface area contributed by atoms with Crippen LogP contribution in [0.25, 0.3) is 0 Å². The van der Waals surface area contributed by atoms with E-state index in [1.165, 1.54) is 6.07 Å². The zero-order valence-electron chi connectivity index (χ0n) is 9.47. The van der Waals surface area contributed by atoms with Crippen molar-refractivity contribution in [3.63, 3.8) is 0 Å². The summed E-state index contributed by atoms with van der Waals surface area (Å²) in [6.07, 6.45) is 0. The maximum atomic E-state index is 10.9. The first kappa shape index (κ1) is 12.4. The Morgan fingerprint density at radius 1 is 1.11 bits per heavy atom. The Labute approximate surface area is 109 Å². The van der Waals surface area contributed by atoms with Gasteiger partial charge in [0, 0.05) is 6.54 Å². The van der Waals surface area contributed by atoms with Gasteiger partial charge in [-0.3, -0.25) is 10.1 Å². The Morgan fingerprint density at radius 2 is 1.83 bits per heavy atom. The lowest BCUT2D eigenvalue weighted by atomic mass is 10.2. The first-order valence-electron chi connectivity index (χ1n) is 5.39. The highest BCUT2D eigenvalue weighted by molar-refractivity contribution is 6.33. The monoisotopic (exact) mass is 262 g/mol. The lowest BCUT2D eigenvalue weighted by molar-refractivity contribution is -0.383. The number of benzene rings is 2. The second-order valence-corrected chi connectivity index (χ2v) is 4.14. The standard InChI is InChI=1S/C13H11ClN2O2/c14-11-7-4-8-12(13(11)16(17)18)15-9-10-5-2-1-3-6-10/h1-8,15H,9H2. The molecule has 0 heterocycles. The first-order valence-corrected chi connectivity index (χ1v) is 5.77. The Kier molecular flexibility index (Phi) is 3.79. The summed E-state index contributed by atoms with van der Waals surface area (Å²) in [5, 5.41) is 14.1. The van der Waals surface area contributed by atoms with Crippen LogP contribution >= 0.6 is 11.6 Å². The van der Waals surface area contributed by atoms with E-state index in [9.17, 15) is 10.1 Å². The number of hydrogen-bond donors (Lipinski definition) is 1. The minimum Gasteiger partial charge on any atom is -0.375 e. The van der Waals surface area contributed by atoms with Crippen molar-refractivity contribution in [3.8, 4) is 0 Å². The predicted octanol–water partition coefficient (Wildman–Crippen LogP) is 3.86. The van der Waals surface area contributed by atoms with Gasteiger partial charge in [-0.1, -0.05) is 48.0 Å². The summed E-state index contributed by atoms with van der Waals surface area (Å²) < 4.78 is 0. The molecule has 0 aliphatic heterocycles. The molecule has 2 rings (SSSR count). The first-order chi connectivity index (χ1) is 8.68. The van der Waals surface area contributed by atoms with E-state index in [0.29, 0.717) is 12.2 Å². The van der Waals surface area contributed by atoms with Gasteiger partial charge in [0.2, 0.25) is 0 Å². The second-order valence-electron chi connectivity index (χ2n) is 3.73. The molecule has 0 saturated carbocycles. The summed E-state index contributed by atoms with van der Waals surface area (Å²) in [6, 6.07) is 14.5. The van der Waals surface area contributed by atoms with Crippen LogP contribution in [0.1, 0.15) is 5.56 Å². The van der Waals surface area contributed by atoms with Gasteiger partial charge in [-0.05, 0) is 17.7 Å². The predicted molar refractivity (Wildman–Crippen MR) is 71.9 cm³/mol. The molecule has 0 aliphatic carbocycles. The number of nitrogens with zero attached hydrogens (tertiary/aromatic N) is 1. The van der Waals surface area contributed by atoms with Crippen LogP contribution in [0, 0.1) is 10.1 Å². The van der Waals surface area contributed by atoms with Crippen molar-refractivity contribution in [2.45, 2.75) is 6.54 Å². The summed E-state index contributed by atoms with van der Waals surface area (Å²) in [5.41, 5.74) is 1.39. The maximum Gasteiger partial charge on any atom is 0.310 e. The third-order valence-corrected chi connectivity index (χ3v) is 2.80. The summed E-state index contributed by atoms with van der Waals surface area (Å²) in [7, 11) is 0. The fourth-order valence-electron chi connectivity index (χ4n) is 1.64. The zero-order valence-corrected chi connectivity index (χ0v) is 10.2. The van der Waals surface area contributed by atoms with Gasteiger partial charge in [-0.2, -0.15) is 0 Å². The molecule has 0 aliphatic rings. The van der Waals surface area contributed by atoms with E-state index in [0.717, 1.165) is 5.56 Å². The zero-order chi connectivity index (χ0) is 13.0. The van der Waals surface area contributed by atoms with E-state index in [4.69, 9.17) is 11.6 Å². The summed E-state index contributed by atoms with van der Waals surface area (Å²) in [4.78, 5) is 10.5. The van der Waals surface area contributed by atoms with Crippen molar-refractivity contribution in [1.82, 2.24) is 0 Å². The van der Waals surface area contributed by atoms with Gasteiger partial charge in [0.05, 0.1) is 4.92 Å². The quantitative estimate of drug-likeness (QED) is 0.672. The normalized spacial score (nSPS) is 10.1. The third-order valence-electron chi connectivity index (χ3n) is 2.50. The number of anilines is 1. The maximum absolute atomic E-state index is 10.9. The van der Waals surface area contributed by atoms with Crippen molar-refractivity contribution in [2.75, 3.05) is 5.32 Å². The van der Waals surface area contributed by atoms with Crippen molar-refractivity contribution in [1.29, 1.82) is 0 Å². The fourth-order valence-corrected chi connectivity index (χ4v) is 1.88. The van der Waals surface area contributed by atoms with Crippen LogP contribution in [0.15, 0.2) is 48.5 Å². The van der Waals surface area contributed by atoms with Gasteiger partial charge in [0.25, 0.3) is 0 Å². The molecule has 0 spiro atoms. The molecule has 0 unspecified atom stereocenters. The fraction of sp³-hybridized carbons (Fsp3) is 0.0769. The third kappa shape index (κ3) is 2.78. The molecule has 4 nitrogen and oxygen atoms in total. The number of nitro groups is 1. The van der Waals surface area contributed by atoms with E-state index in [-0.39, 0.29) is 10.7 Å². The molecular weight excluding hydrogens is 252 g/mol. The molecule has 2 aromatic carbocycles. The van der Waals surface area contributed by atoms with Crippen molar-refractivity contribution >= 4 is 23.0 Å². The average Bonchev–Trinajstić information content (AvgIpc) is 2.37. The van der Waals surface area contributed by atoms with E-state index >= 15 is 0 Å². The van der Waals surface area contributed by atoms with Crippen LogP contribution in [-0.4, -0.2) is 4.92 Å². The minimum atomic E-state index is -0.477. The largest absolute Gasteiger partial charge is 0.375 e. The number of halogens is 1. The number of hydrogen-bond acceptors (Lipinski definition) is 3. The molecule has 18 heavy (non-hydrogen) atoms. The van der Waals surface area contributed by atoms with E-state index < -0.39 is 4.92 Å². The molecule has 0 saturated heterocycles. The molecule has 0 atom stereocenters.